The number of amides is 1. The summed E-state index contributed by atoms with van der Waals surface area (Å²) in [6.45, 7) is 3.70. The maximum Gasteiger partial charge on any atom is 0.500 e. The van der Waals surface area contributed by atoms with E-state index in [1.807, 2.05) is 11.9 Å². The summed E-state index contributed by atoms with van der Waals surface area (Å²) >= 11 is 0. The van der Waals surface area contributed by atoms with Gasteiger partial charge in [-0.15, -0.1) is 0 Å². The maximum absolute atomic E-state index is 12.0. The molecule has 0 rings (SSSR count). The van der Waals surface area contributed by atoms with Gasteiger partial charge in [0, 0.05) is 74.3 Å². The van der Waals surface area contributed by atoms with E-state index in [0.29, 0.717) is 12.1 Å². The van der Waals surface area contributed by atoms with Crippen molar-refractivity contribution in [3.63, 3.8) is 0 Å². The Kier molecular flexibility index (Phi) is 12.1. The second-order valence-electron chi connectivity index (χ2n) is 6.87. The topological polar surface area (TPSA) is 75.7 Å². The molecule has 0 heterocycles. The third-order valence-electron chi connectivity index (χ3n) is 5.54. The van der Waals surface area contributed by atoms with E-state index in [1.54, 1.807) is 49.6 Å². The number of nitrogens with zero attached hydrogens (tertiary/aromatic N) is 1. The van der Waals surface area contributed by atoms with Gasteiger partial charge in [0.05, 0.1) is 0 Å². The first-order valence-corrected chi connectivity index (χ1v) is 13.1. The highest BCUT2D eigenvalue weighted by molar-refractivity contribution is 6.60. The third kappa shape index (κ3) is 7.54. The summed E-state index contributed by atoms with van der Waals surface area (Å²) in [5, 5.41) is 0. The van der Waals surface area contributed by atoms with E-state index in [9.17, 15) is 4.79 Å². The quantitative estimate of drug-likeness (QED) is 0.373. The fourth-order valence-corrected chi connectivity index (χ4v) is 6.77. The van der Waals surface area contributed by atoms with Crippen molar-refractivity contribution in [3.05, 3.63) is 0 Å². The minimum Gasteiger partial charge on any atom is -0.377 e. The van der Waals surface area contributed by atoms with Crippen LogP contribution in [0.2, 0.25) is 12.1 Å². The Bertz CT molecular complexity index is 389. The van der Waals surface area contributed by atoms with Gasteiger partial charge in [0.1, 0.15) is 0 Å². The first kappa shape index (κ1) is 26.7. The van der Waals surface area contributed by atoms with Crippen molar-refractivity contribution in [2.24, 2.45) is 0 Å². The average molecular weight is 426 g/mol. The van der Waals surface area contributed by atoms with E-state index >= 15 is 0 Å². The van der Waals surface area contributed by atoms with E-state index < -0.39 is 17.6 Å². The second-order valence-corrected chi connectivity index (χ2v) is 13.1. The molecule has 0 atom stereocenters. The van der Waals surface area contributed by atoms with Gasteiger partial charge in [-0.3, -0.25) is 4.79 Å². The summed E-state index contributed by atoms with van der Waals surface area (Å²) in [6.07, 6.45) is 3.29. The van der Waals surface area contributed by atoms with Crippen LogP contribution >= 0.6 is 0 Å². The first-order chi connectivity index (χ1) is 12.6. The van der Waals surface area contributed by atoms with Crippen molar-refractivity contribution < 1.29 is 31.4 Å². The molecule has 0 unspecified atom stereocenters. The molecule has 0 N–H and O–H groups in total. The fourth-order valence-electron chi connectivity index (χ4n) is 3.32. The highest BCUT2D eigenvalue weighted by Crippen LogP contribution is 2.31. The van der Waals surface area contributed by atoms with Gasteiger partial charge in [0.25, 0.3) is 0 Å². The highest BCUT2D eigenvalue weighted by Gasteiger charge is 2.41. The van der Waals surface area contributed by atoms with Crippen LogP contribution in [0.25, 0.3) is 0 Å². The lowest BCUT2D eigenvalue weighted by Crippen LogP contribution is -2.48. The molecule has 8 nitrogen and oxygen atoms in total. The molecular weight excluding hydrogens is 386 g/mol. The minimum absolute atomic E-state index is 0.0416. The van der Waals surface area contributed by atoms with Crippen molar-refractivity contribution >= 4 is 23.5 Å². The van der Waals surface area contributed by atoms with Crippen molar-refractivity contribution in [2.75, 3.05) is 49.7 Å². The Morgan fingerprint density at radius 2 is 1.07 bits per heavy atom. The summed E-state index contributed by atoms with van der Waals surface area (Å²) < 4.78 is 33.0. The van der Waals surface area contributed by atoms with Crippen LogP contribution in [-0.2, 0) is 31.4 Å². The van der Waals surface area contributed by atoms with E-state index in [2.05, 4.69) is 6.92 Å². The summed E-state index contributed by atoms with van der Waals surface area (Å²) in [6, 6.07) is 1.40. The third-order valence-corrected chi connectivity index (χ3v) is 11.2. The highest BCUT2D eigenvalue weighted by atomic mass is 28.4. The zero-order valence-corrected chi connectivity index (χ0v) is 20.5. The van der Waals surface area contributed by atoms with Gasteiger partial charge in [-0.05, 0) is 32.6 Å². The Morgan fingerprint density at radius 1 is 0.778 bits per heavy atom. The van der Waals surface area contributed by atoms with Crippen LogP contribution in [0.3, 0.4) is 0 Å². The molecule has 0 aromatic carbocycles. The normalized spacial score (nSPS) is 13.1. The number of hydrogen-bond acceptors (Lipinski definition) is 7. The van der Waals surface area contributed by atoms with E-state index in [4.69, 9.17) is 26.6 Å². The molecule has 162 valence electrons. The van der Waals surface area contributed by atoms with Gasteiger partial charge in [-0.1, -0.05) is 0 Å². The summed E-state index contributed by atoms with van der Waals surface area (Å²) in [4.78, 5) is 13.9. The lowest BCUT2D eigenvalue weighted by atomic mass is 9.89. The van der Waals surface area contributed by atoms with Gasteiger partial charge in [-0.2, -0.15) is 0 Å². The molecule has 0 spiro atoms. The van der Waals surface area contributed by atoms with Crippen LogP contribution in [0.1, 0.15) is 39.5 Å². The number of carbonyl (C=O) groups is 1. The second kappa shape index (κ2) is 12.3. The molecule has 0 aromatic heterocycles. The standard InChI is InChI=1S/C17H39NO7Si2/c1-16(19)18(3)17(2,12-10-14-26(20-4,21-5)22-6)13-11-15-27(23-7,24-8)25-9/h10-15H2,1-9H3. The summed E-state index contributed by atoms with van der Waals surface area (Å²) in [7, 11) is 6.32. The van der Waals surface area contributed by atoms with Gasteiger partial charge >= 0.3 is 17.6 Å². The lowest BCUT2D eigenvalue weighted by Gasteiger charge is -2.40. The smallest absolute Gasteiger partial charge is 0.377 e. The maximum atomic E-state index is 12.0. The van der Waals surface area contributed by atoms with Crippen molar-refractivity contribution in [1.29, 1.82) is 0 Å². The minimum atomic E-state index is -2.61. The first-order valence-electron chi connectivity index (χ1n) is 9.19. The van der Waals surface area contributed by atoms with Crippen LogP contribution in [0.5, 0.6) is 0 Å². The molecule has 0 fully saturated rings. The molecule has 1 amide bonds. The molecular formula is C17H39NO7Si2. The fraction of sp³-hybridized carbons (Fsp3) is 0.941. The van der Waals surface area contributed by atoms with Gasteiger partial charge in [-0.25, -0.2) is 0 Å². The number of rotatable bonds is 15. The zero-order valence-electron chi connectivity index (χ0n) is 18.5. The molecule has 0 bridgehead atoms. The van der Waals surface area contributed by atoms with Crippen LogP contribution in [0, 0.1) is 0 Å². The summed E-state index contributed by atoms with van der Waals surface area (Å²) in [5.74, 6) is 0.0416. The number of carbonyl (C=O) groups excluding carboxylic acids is 1. The molecule has 10 heteroatoms. The van der Waals surface area contributed by atoms with Crippen molar-refractivity contribution in [2.45, 2.75) is 57.2 Å². The molecule has 0 aromatic rings. The van der Waals surface area contributed by atoms with Gasteiger partial charge < -0.3 is 31.5 Å². The van der Waals surface area contributed by atoms with Crippen molar-refractivity contribution in [3.8, 4) is 0 Å². The largest absolute Gasteiger partial charge is 0.500 e. The SMILES string of the molecule is CO[Si](CCCC(C)(CCC[Si](OC)(OC)OC)N(C)C(C)=O)(OC)OC. The molecule has 0 saturated carbocycles. The zero-order chi connectivity index (χ0) is 21.1. The average Bonchev–Trinajstić information content (AvgIpc) is 2.68. The van der Waals surface area contributed by atoms with E-state index in [1.165, 1.54) is 0 Å². The molecule has 0 saturated heterocycles. The number of hydrogen-bond donors (Lipinski definition) is 0. The Balaban J connectivity index is 5.04. The molecule has 0 aliphatic carbocycles. The van der Waals surface area contributed by atoms with Crippen LogP contribution < -0.4 is 0 Å². The van der Waals surface area contributed by atoms with Crippen LogP contribution in [0.4, 0.5) is 0 Å². The molecule has 0 aliphatic rings. The van der Waals surface area contributed by atoms with Crippen molar-refractivity contribution in [1.82, 2.24) is 4.90 Å². The molecule has 0 radical (unpaired) electrons. The van der Waals surface area contributed by atoms with Crippen LogP contribution in [-0.4, -0.2) is 83.7 Å². The Labute approximate surface area is 167 Å². The molecule has 27 heavy (non-hydrogen) atoms. The molecule has 0 aliphatic heterocycles. The monoisotopic (exact) mass is 425 g/mol. The van der Waals surface area contributed by atoms with Gasteiger partial charge in [0.2, 0.25) is 5.91 Å². The summed E-state index contributed by atoms with van der Waals surface area (Å²) in [5.41, 5.74) is -0.295. The Hall–Kier alpha value is -0.336. The predicted molar refractivity (Wildman–Crippen MR) is 108 cm³/mol. The van der Waals surface area contributed by atoms with E-state index in [-0.39, 0.29) is 11.4 Å². The van der Waals surface area contributed by atoms with Gasteiger partial charge in [0.15, 0.2) is 0 Å². The lowest BCUT2D eigenvalue weighted by molar-refractivity contribution is -0.133. The Morgan fingerprint density at radius 3 is 1.30 bits per heavy atom. The van der Waals surface area contributed by atoms with E-state index in [0.717, 1.165) is 25.7 Å². The predicted octanol–water partition coefficient (Wildman–Crippen LogP) is 2.54. The van der Waals surface area contributed by atoms with Crippen LogP contribution in [0.15, 0.2) is 0 Å².